The second-order valence-electron chi connectivity index (χ2n) is 4.73. The zero-order chi connectivity index (χ0) is 13.7. The molecule has 1 aliphatic rings. The summed E-state index contributed by atoms with van der Waals surface area (Å²) < 4.78 is 0. The normalized spacial score (nSPS) is 15.3. The first-order chi connectivity index (χ1) is 9.19. The van der Waals surface area contributed by atoms with Crippen LogP contribution >= 0.6 is 11.8 Å². The van der Waals surface area contributed by atoms with Gasteiger partial charge in [0, 0.05) is 25.4 Å². The molecule has 0 atom stereocenters. The SMILES string of the molecule is CN(C)CCSc1nc(NN)nc(N2CCCC2)n1. The van der Waals surface area contributed by atoms with Crippen molar-refractivity contribution in [2.75, 3.05) is 49.8 Å². The van der Waals surface area contributed by atoms with Crippen molar-refractivity contribution in [1.29, 1.82) is 0 Å². The number of anilines is 2. The third kappa shape index (κ3) is 4.19. The second kappa shape index (κ2) is 6.88. The number of rotatable bonds is 6. The van der Waals surface area contributed by atoms with Gasteiger partial charge in [0.1, 0.15) is 0 Å². The Bertz CT molecular complexity index is 406. The van der Waals surface area contributed by atoms with Crippen LogP contribution in [0.15, 0.2) is 5.16 Å². The summed E-state index contributed by atoms with van der Waals surface area (Å²) in [5.74, 6) is 7.53. The highest BCUT2D eigenvalue weighted by Gasteiger charge is 2.17. The lowest BCUT2D eigenvalue weighted by Crippen LogP contribution is -2.23. The van der Waals surface area contributed by atoms with Gasteiger partial charge in [-0.15, -0.1) is 0 Å². The van der Waals surface area contributed by atoms with Crippen molar-refractivity contribution in [1.82, 2.24) is 19.9 Å². The van der Waals surface area contributed by atoms with Gasteiger partial charge in [-0.05, 0) is 26.9 Å². The monoisotopic (exact) mass is 283 g/mol. The van der Waals surface area contributed by atoms with Gasteiger partial charge in [-0.25, -0.2) is 5.84 Å². The van der Waals surface area contributed by atoms with Crippen LogP contribution in [0.25, 0.3) is 0 Å². The lowest BCUT2D eigenvalue weighted by atomic mass is 10.4. The van der Waals surface area contributed by atoms with Crippen LogP contribution in [-0.2, 0) is 0 Å². The molecular weight excluding hydrogens is 262 g/mol. The molecule has 1 fully saturated rings. The van der Waals surface area contributed by atoms with Gasteiger partial charge in [0.05, 0.1) is 0 Å². The molecule has 106 valence electrons. The van der Waals surface area contributed by atoms with Crippen LogP contribution in [0.3, 0.4) is 0 Å². The predicted molar refractivity (Wildman–Crippen MR) is 78.4 cm³/mol. The first kappa shape index (κ1) is 14.3. The molecular formula is C11H21N7S. The van der Waals surface area contributed by atoms with E-state index < -0.39 is 0 Å². The molecule has 0 amide bonds. The zero-order valence-corrected chi connectivity index (χ0v) is 12.3. The molecule has 0 radical (unpaired) electrons. The topological polar surface area (TPSA) is 83.2 Å². The summed E-state index contributed by atoms with van der Waals surface area (Å²) in [6.45, 7) is 3.01. The van der Waals surface area contributed by atoms with Gasteiger partial charge in [-0.2, -0.15) is 15.0 Å². The van der Waals surface area contributed by atoms with Gasteiger partial charge < -0.3 is 9.80 Å². The summed E-state index contributed by atoms with van der Waals surface area (Å²) in [4.78, 5) is 17.4. The highest BCUT2D eigenvalue weighted by Crippen LogP contribution is 2.21. The molecule has 1 aromatic heterocycles. The highest BCUT2D eigenvalue weighted by molar-refractivity contribution is 7.99. The first-order valence-electron chi connectivity index (χ1n) is 6.44. The molecule has 0 aromatic carbocycles. The van der Waals surface area contributed by atoms with Gasteiger partial charge in [0.25, 0.3) is 0 Å². The number of nitrogen functional groups attached to an aromatic ring is 1. The van der Waals surface area contributed by atoms with Crippen LogP contribution in [0.1, 0.15) is 12.8 Å². The van der Waals surface area contributed by atoms with E-state index in [2.05, 4.69) is 44.3 Å². The quantitative estimate of drug-likeness (QED) is 0.441. The fraction of sp³-hybridized carbons (Fsp3) is 0.727. The van der Waals surface area contributed by atoms with E-state index in [0.717, 1.165) is 36.5 Å². The molecule has 0 bridgehead atoms. The number of thioether (sulfide) groups is 1. The summed E-state index contributed by atoms with van der Waals surface area (Å²) in [7, 11) is 4.10. The maximum atomic E-state index is 5.42. The Kier molecular flexibility index (Phi) is 5.17. The lowest BCUT2D eigenvalue weighted by Gasteiger charge is -2.16. The smallest absolute Gasteiger partial charge is 0.242 e. The number of hydrazine groups is 1. The van der Waals surface area contributed by atoms with Crippen molar-refractivity contribution in [2.45, 2.75) is 18.0 Å². The average molecular weight is 283 g/mol. The highest BCUT2D eigenvalue weighted by atomic mass is 32.2. The molecule has 0 saturated carbocycles. The van der Waals surface area contributed by atoms with Gasteiger partial charge in [0.15, 0.2) is 5.16 Å². The number of hydrogen-bond acceptors (Lipinski definition) is 8. The Morgan fingerprint density at radius 1 is 1.26 bits per heavy atom. The van der Waals surface area contributed by atoms with Crippen LogP contribution < -0.4 is 16.2 Å². The van der Waals surface area contributed by atoms with Crippen LogP contribution in [0.5, 0.6) is 0 Å². The predicted octanol–water partition coefficient (Wildman–Crippen LogP) is 0.411. The van der Waals surface area contributed by atoms with Gasteiger partial charge in [-0.1, -0.05) is 11.8 Å². The molecule has 1 aliphatic heterocycles. The maximum absolute atomic E-state index is 5.42. The van der Waals surface area contributed by atoms with Crippen molar-refractivity contribution in [3.05, 3.63) is 0 Å². The van der Waals surface area contributed by atoms with E-state index in [-0.39, 0.29) is 0 Å². The van der Waals surface area contributed by atoms with E-state index in [0.29, 0.717) is 5.95 Å². The third-order valence-electron chi connectivity index (χ3n) is 2.89. The Morgan fingerprint density at radius 3 is 2.63 bits per heavy atom. The Labute approximate surface area is 118 Å². The summed E-state index contributed by atoms with van der Waals surface area (Å²) in [6, 6.07) is 0. The Balaban J connectivity index is 2.06. The molecule has 0 unspecified atom stereocenters. The number of nitrogens with one attached hydrogen (secondary N) is 1. The third-order valence-corrected chi connectivity index (χ3v) is 3.72. The van der Waals surface area contributed by atoms with E-state index in [4.69, 9.17) is 5.84 Å². The summed E-state index contributed by atoms with van der Waals surface area (Å²) in [5, 5.41) is 0.728. The van der Waals surface area contributed by atoms with Crippen molar-refractivity contribution < 1.29 is 0 Å². The van der Waals surface area contributed by atoms with Crippen LogP contribution in [0.4, 0.5) is 11.9 Å². The van der Waals surface area contributed by atoms with E-state index in [9.17, 15) is 0 Å². The van der Waals surface area contributed by atoms with Gasteiger partial charge in [-0.3, -0.25) is 5.43 Å². The van der Waals surface area contributed by atoms with Crippen LogP contribution in [-0.4, -0.2) is 59.3 Å². The maximum Gasteiger partial charge on any atom is 0.242 e. The Hall–Kier alpha value is -1.12. The zero-order valence-electron chi connectivity index (χ0n) is 11.5. The van der Waals surface area contributed by atoms with E-state index in [1.165, 1.54) is 12.8 Å². The van der Waals surface area contributed by atoms with Gasteiger partial charge in [0.2, 0.25) is 11.9 Å². The minimum atomic E-state index is 0.434. The summed E-state index contributed by atoms with van der Waals surface area (Å²) in [5.41, 5.74) is 2.52. The van der Waals surface area contributed by atoms with E-state index in [1.807, 2.05) is 0 Å². The summed E-state index contributed by atoms with van der Waals surface area (Å²) in [6.07, 6.45) is 2.39. The molecule has 1 saturated heterocycles. The number of nitrogens with two attached hydrogens (primary N) is 1. The standard InChI is InChI=1S/C11H21N7S/c1-17(2)7-8-19-11-14-9(16-12)13-10(15-11)18-5-3-4-6-18/h3-8,12H2,1-2H3,(H,13,14,15,16). The molecule has 3 N–H and O–H groups in total. The molecule has 0 spiro atoms. The van der Waals surface area contributed by atoms with E-state index in [1.54, 1.807) is 11.8 Å². The molecule has 7 nitrogen and oxygen atoms in total. The number of hydrogen-bond donors (Lipinski definition) is 2. The fourth-order valence-electron chi connectivity index (χ4n) is 1.85. The largest absolute Gasteiger partial charge is 0.341 e. The number of nitrogens with zero attached hydrogens (tertiary/aromatic N) is 5. The summed E-state index contributed by atoms with van der Waals surface area (Å²) >= 11 is 1.63. The molecule has 2 rings (SSSR count). The molecule has 0 aliphatic carbocycles. The molecule has 19 heavy (non-hydrogen) atoms. The lowest BCUT2D eigenvalue weighted by molar-refractivity contribution is 0.437. The van der Waals surface area contributed by atoms with E-state index >= 15 is 0 Å². The number of aromatic nitrogens is 3. The molecule has 1 aromatic rings. The minimum Gasteiger partial charge on any atom is -0.341 e. The van der Waals surface area contributed by atoms with Crippen LogP contribution in [0.2, 0.25) is 0 Å². The van der Waals surface area contributed by atoms with Gasteiger partial charge >= 0.3 is 0 Å². The Morgan fingerprint density at radius 2 is 2.00 bits per heavy atom. The van der Waals surface area contributed by atoms with Crippen molar-refractivity contribution in [2.24, 2.45) is 5.84 Å². The molecule has 2 heterocycles. The van der Waals surface area contributed by atoms with Crippen molar-refractivity contribution in [3.63, 3.8) is 0 Å². The van der Waals surface area contributed by atoms with Crippen molar-refractivity contribution >= 4 is 23.7 Å². The van der Waals surface area contributed by atoms with Crippen LogP contribution in [0, 0.1) is 0 Å². The fourth-order valence-corrected chi connectivity index (χ4v) is 2.79. The molecule has 8 heteroatoms. The second-order valence-corrected chi connectivity index (χ2v) is 5.79. The minimum absolute atomic E-state index is 0.434. The average Bonchev–Trinajstić information content (AvgIpc) is 2.92. The first-order valence-corrected chi connectivity index (χ1v) is 7.43. The van der Waals surface area contributed by atoms with Crippen molar-refractivity contribution in [3.8, 4) is 0 Å².